The maximum atomic E-state index is 5.32. The lowest BCUT2D eigenvalue weighted by Gasteiger charge is -2.30. The monoisotopic (exact) mass is 346 g/mol. The second-order valence-electron chi connectivity index (χ2n) is 6.85. The maximum absolute atomic E-state index is 5.32. The summed E-state index contributed by atoms with van der Waals surface area (Å²) in [5.41, 5.74) is 2.67. The van der Waals surface area contributed by atoms with Crippen LogP contribution in [-0.4, -0.2) is 50.8 Å². The summed E-state index contributed by atoms with van der Waals surface area (Å²) in [4.78, 5) is 6.81. The third-order valence-corrected chi connectivity index (χ3v) is 4.60. The van der Waals surface area contributed by atoms with Gasteiger partial charge in [0.2, 0.25) is 0 Å². The van der Waals surface area contributed by atoms with Crippen LogP contribution in [0.5, 0.6) is 0 Å². The zero-order valence-corrected chi connectivity index (χ0v) is 16.1. The molecule has 0 aliphatic carbocycles. The van der Waals surface area contributed by atoms with E-state index in [0.29, 0.717) is 6.61 Å². The van der Waals surface area contributed by atoms with Crippen LogP contribution in [0.4, 0.5) is 0 Å². The average Bonchev–Trinajstić information content (AvgIpc) is 2.62. The number of ether oxygens (including phenoxy) is 1. The Morgan fingerprint density at radius 3 is 2.68 bits per heavy atom. The summed E-state index contributed by atoms with van der Waals surface area (Å²) in [6.45, 7) is 10.9. The Hall–Kier alpha value is -1.59. The van der Waals surface area contributed by atoms with E-state index in [1.54, 1.807) is 7.05 Å². The lowest BCUT2D eigenvalue weighted by molar-refractivity contribution is 0.152. The predicted octanol–water partition coefficient (Wildman–Crippen LogP) is 2.62. The van der Waals surface area contributed by atoms with Gasteiger partial charge in [-0.2, -0.15) is 0 Å². The number of aliphatic imine (C=N–C) groups is 1. The normalized spacial score (nSPS) is 19.0. The van der Waals surface area contributed by atoms with E-state index >= 15 is 0 Å². The molecule has 0 radical (unpaired) electrons. The Labute approximate surface area is 152 Å². The summed E-state index contributed by atoms with van der Waals surface area (Å²) in [6.07, 6.45) is 2.71. The Kier molecular flexibility index (Phi) is 8.77. The number of nitrogens with zero attached hydrogens (tertiary/aromatic N) is 2. The number of piperidine rings is 1. The Balaban J connectivity index is 1.73. The van der Waals surface area contributed by atoms with Crippen LogP contribution >= 0.6 is 0 Å². The van der Waals surface area contributed by atoms with E-state index in [0.717, 1.165) is 38.1 Å². The second kappa shape index (κ2) is 11.1. The van der Waals surface area contributed by atoms with E-state index in [1.165, 1.54) is 37.1 Å². The highest BCUT2D eigenvalue weighted by Gasteiger charge is 2.16. The Morgan fingerprint density at radius 1 is 1.24 bits per heavy atom. The minimum atomic E-state index is 0.695. The molecule has 1 aliphatic rings. The lowest BCUT2D eigenvalue weighted by atomic mass is 9.99. The molecule has 0 amide bonds. The number of nitrogens with one attached hydrogen (secondary N) is 2. The second-order valence-corrected chi connectivity index (χ2v) is 6.85. The van der Waals surface area contributed by atoms with Gasteiger partial charge in [-0.25, -0.2) is 0 Å². The van der Waals surface area contributed by atoms with Crippen molar-refractivity contribution in [1.29, 1.82) is 0 Å². The van der Waals surface area contributed by atoms with E-state index in [2.05, 4.69) is 51.7 Å². The van der Waals surface area contributed by atoms with Crippen molar-refractivity contribution < 1.29 is 4.74 Å². The van der Waals surface area contributed by atoms with Crippen LogP contribution in [0.1, 0.15) is 37.8 Å². The van der Waals surface area contributed by atoms with Crippen molar-refractivity contribution in [2.75, 3.05) is 39.9 Å². The van der Waals surface area contributed by atoms with Crippen LogP contribution in [0.2, 0.25) is 0 Å². The van der Waals surface area contributed by atoms with Crippen molar-refractivity contribution in [3.63, 3.8) is 0 Å². The SMILES string of the molecule is CCOCCNC(=NC)NCc1ccc(CN2CCCC(C)C2)cc1. The van der Waals surface area contributed by atoms with Crippen LogP contribution in [0.3, 0.4) is 0 Å². The summed E-state index contributed by atoms with van der Waals surface area (Å²) in [5, 5.41) is 6.59. The van der Waals surface area contributed by atoms with Gasteiger partial charge >= 0.3 is 0 Å². The van der Waals surface area contributed by atoms with Crippen molar-refractivity contribution >= 4 is 5.96 Å². The summed E-state index contributed by atoms with van der Waals surface area (Å²) < 4.78 is 5.32. The highest BCUT2D eigenvalue weighted by molar-refractivity contribution is 5.79. The average molecular weight is 347 g/mol. The zero-order chi connectivity index (χ0) is 17.9. The number of likely N-dealkylation sites (tertiary alicyclic amines) is 1. The molecular formula is C20H34N4O. The zero-order valence-electron chi connectivity index (χ0n) is 16.1. The van der Waals surface area contributed by atoms with E-state index in [-0.39, 0.29) is 0 Å². The molecule has 0 aromatic heterocycles. The Morgan fingerprint density at radius 2 is 2.00 bits per heavy atom. The van der Waals surface area contributed by atoms with Crippen LogP contribution in [-0.2, 0) is 17.8 Å². The third kappa shape index (κ3) is 7.45. The van der Waals surface area contributed by atoms with Crippen LogP contribution in [0.15, 0.2) is 29.3 Å². The van der Waals surface area contributed by atoms with Gasteiger partial charge in [0, 0.05) is 39.8 Å². The number of guanidine groups is 1. The van der Waals surface area contributed by atoms with Gasteiger partial charge in [-0.05, 0) is 43.4 Å². The molecule has 0 saturated carbocycles. The predicted molar refractivity (Wildman–Crippen MR) is 105 cm³/mol. The van der Waals surface area contributed by atoms with Gasteiger partial charge in [0.1, 0.15) is 0 Å². The minimum Gasteiger partial charge on any atom is -0.380 e. The summed E-state index contributed by atoms with van der Waals surface area (Å²) >= 11 is 0. The van der Waals surface area contributed by atoms with Gasteiger partial charge < -0.3 is 15.4 Å². The molecule has 2 N–H and O–H groups in total. The van der Waals surface area contributed by atoms with Crippen molar-refractivity contribution in [1.82, 2.24) is 15.5 Å². The first-order valence-corrected chi connectivity index (χ1v) is 9.53. The third-order valence-electron chi connectivity index (χ3n) is 4.60. The van der Waals surface area contributed by atoms with Crippen molar-refractivity contribution in [3.05, 3.63) is 35.4 Å². The van der Waals surface area contributed by atoms with Crippen molar-refractivity contribution in [2.45, 2.75) is 39.8 Å². The topological polar surface area (TPSA) is 48.9 Å². The number of benzene rings is 1. The molecule has 1 saturated heterocycles. The highest BCUT2D eigenvalue weighted by atomic mass is 16.5. The fourth-order valence-corrected chi connectivity index (χ4v) is 3.24. The van der Waals surface area contributed by atoms with Crippen molar-refractivity contribution in [2.24, 2.45) is 10.9 Å². The fourth-order valence-electron chi connectivity index (χ4n) is 3.24. The first kappa shape index (κ1) is 19.7. The Bertz CT molecular complexity index is 515. The van der Waals surface area contributed by atoms with Gasteiger partial charge in [-0.3, -0.25) is 9.89 Å². The quantitative estimate of drug-likeness (QED) is 0.432. The standard InChI is InChI=1S/C20H34N4O/c1-4-25-13-11-22-20(21-3)23-14-18-7-9-19(10-8-18)16-24-12-5-6-17(2)15-24/h7-10,17H,4-6,11-16H2,1-3H3,(H2,21,22,23). The molecule has 1 atom stereocenters. The lowest BCUT2D eigenvalue weighted by Crippen LogP contribution is -2.38. The molecule has 1 unspecified atom stereocenters. The first-order chi connectivity index (χ1) is 12.2. The van der Waals surface area contributed by atoms with Gasteiger partial charge in [-0.15, -0.1) is 0 Å². The molecule has 1 fully saturated rings. The molecule has 5 nitrogen and oxygen atoms in total. The number of rotatable bonds is 8. The molecule has 1 aliphatic heterocycles. The molecule has 140 valence electrons. The molecule has 0 bridgehead atoms. The molecule has 2 rings (SSSR count). The summed E-state index contributed by atoms with van der Waals surface area (Å²) in [6, 6.07) is 8.93. The van der Waals surface area contributed by atoms with E-state index in [1.807, 2.05) is 6.92 Å². The highest BCUT2D eigenvalue weighted by Crippen LogP contribution is 2.18. The molecular weight excluding hydrogens is 312 g/mol. The van der Waals surface area contributed by atoms with E-state index in [4.69, 9.17) is 4.74 Å². The van der Waals surface area contributed by atoms with E-state index in [9.17, 15) is 0 Å². The molecule has 1 aromatic rings. The fraction of sp³-hybridized carbons (Fsp3) is 0.650. The number of hydrogen-bond donors (Lipinski definition) is 2. The van der Waals surface area contributed by atoms with Gasteiger partial charge in [-0.1, -0.05) is 31.2 Å². The summed E-state index contributed by atoms with van der Waals surface area (Å²) in [7, 11) is 1.79. The molecule has 0 spiro atoms. The van der Waals surface area contributed by atoms with Gasteiger partial charge in [0.25, 0.3) is 0 Å². The molecule has 5 heteroatoms. The minimum absolute atomic E-state index is 0.695. The van der Waals surface area contributed by atoms with Gasteiger partial charge in [0.05, 0.1) is 6.61 Å². The van der Waals surface area contributed by atoms with Crippen LogP contribution < -0.4 is 10.6 Å². The van der Waals surface area contributed by atoms with Crippen molar-refractivity contribution in [3.8, 4) is 0 Å². The largest absolute Gasteiger partial charge is 0.380 e. The van der Waals surface area contributed by atoms with Crippen LogP contribution in [0.25, 0.3) is 0 Å². The van der Waals surface area contributed by atoms with Gasteiger partial charge in [0.15, 0.2) is 5.96 Å². The smallest absolute Gasteiger partial charge is 0.191 e. The van der Waals surface area contributed by atoms with E-state index < -0.39 is 0 Å². The first-order valence-electron chi connectivity index (χ1n) is 9.53. The van der Waals surface area contributed by atoms with Crippen LogP contribution in [0, 0.1) is 5.92 Å². The number of hydrogen-bond acceptors (Lipinski definition) is 3. The molecule has 1 aromatic carbocycles. The molecule has 25 heavy (non-hydrogen) atoms. The summed E-state index contributed by atoms with van der Waals surface area (Å²) in [5.74, 6) is 1.64. The maximum Gasteiger partial charge on any atom is 0.191 e. The molecule has 1 heterocycles.